The zero-order valence-corrected chi connectivity index (χ0v) is 16.7. The monoisotopic (exact) mass is 393 g/mol. The number of unbranched alkanes of at least 4 members (excludes halogenated alkanes) is 1. The summed E-state index contributed by atoms with van der Waals surface area (Å²) in [5, 5.41) is 8.94. The van der Waals surface area contributed by atoms with Crippen LogP contribution in [0.5, 0.6) is 17.2 Å². The van der Waals surface area contributed by atoms with Crippen LogP contribution in [-0.2, 0) is 0 Å². The summed E-state index contributed by atoms with van der Waals surface area (Å²) in [4.78, 5) is 4.91. The number of nitrogens with zero attached hydrogens (tertiary/aromatic N) is 3. The molecular formula is C23H27N3O3. The van der Waals surface area contributed by atoms with Crippen molar-refractivity contribution in [3.8, 4) is 23.3 Å². The Morgan fingerprint density at radius 2 is 1.79 bits per heavy atom. The fourth-order valence-corrected chi connectivity index (χ4v) is 3.80. The number of hydrogen-bond acceptors (Lipinski definition) is 6. The van der Waals surface area contributed by atoms with E-state index in [1.807, 2.05) is 24.3 Å². The molecule has 0 amide bonds. The lowest BCUT2D eigenvalue weighted by atomic mass is 10.2. The summed E-state index contributed by atoms with van der Waals surface area (Å²) in [5.41, 5.74) is 1.78. The zero-order valence-electron chi connectivity index (χ0n) is 16.7. The maximum atomic E-state index is 8.94. The molecule has 29 heavy (non-hydrogen) atoms. The predicted molar refractivity (Wildman–Crippen MR) is 112 cm³/mol. The molecule has 2 aromatic rings. The van der Waals surface area contributed by atoms with Crippen molar-refractivity contribution in [2.45, 2.75) is 12.8 Å². The first-order valence-electron chi connectivity index (χ1n) is 10.3. The maximum absolute atomic E-state index is 8.94. The highest BCUT2D eigenvalue weighted by atomic mass is 16.6. The molecule has 0 spiro atoms. The number of benzene rings is 2. The molecule has 2 aromatic carbocycles. The van der Waals surface area contributed by atoms with Crippen LogP contribution >= 0.6 is 0 Å². The Hall–Kier alpha value is -2.91. The Morgan fingerprint density at radius 3 is 2.66 bits per heavy atom. The number of hydrogen-bond donors (Lipinski definition) is 0. The molecule has 6 nitrogen and oxygen atoms in total. The van der Waals surface area contributed by atoms with Crippen molar-refractivity contribution in [3.05, 3.63) is 48.0 Å². The van der Waals surface area contributed by atoms with Crippen molar-refractivity contribution in [1.82, 2.24) is 4.90 Å². The highest BCUT2D eigenvalue weighted by Gasteiger charge is 2.23. The molecule has 6 heteroatoms. The average molecular weight is 393 g/mol. The summed E-state index contributed by atoms with van der Waals surface area (Å²) in [6.45, 7) is 7.11. The van der Waals surface area contributed by atoms with Crippen molar-refractivity contribution in [3.63, 3.8) is 0 Å². The molecule has 2 aliphatic rings. The lowest BCUT2D eigenvalue weighted by Gasteiger charge is -2.37. The third-order valence-electron chi connectivity index (χ3n) is 5.36. The van der Waals surface area contributed by atoms with Gasteiger partial charge < -0.3 is 19.1 Å². The maximum Gasteiger partial charge on any atom is 0.184 e. The second-order valence-corrected chi connectivity index (χ2v) is 7.33. The molecule has 0 N–H and O–H groups in total. The van der Waals surface area contributed by atoms with Crippen LogP contribution in [0, 0.1) is 11.3 Å². The predicted octanol–water partition coefficient (Wildman–Crippen LogP) is 3.31. The van der Waals surface area contributed by atoms with Crippen LogP contribution in [-0.4, -0.2) is 57.4 Å². The lowest BCUT2D eigenvalue weighted by Crippen LogP contribution is -2.46. The van der Waals surface area contributed by atoms with Crippen LogP contribution in [0.1, 0.15) is 18.4 Å². The Labute approximate surface area is 172 Å². The van der Waals surface area contributed by atoms with E-state index in [-0.39, 0.29) is 0 Å². The molecule has 0 saturated carbocycles. The molecule has 2 heterocycles. The first-order chi connectivity index (χ1) is 14.3. The van der Waals surface area contributed by atoms with E-state index in [1.54, 1.807) is 12.1 Å². The van der Waals surface area contributed by atoms with Crippen LogP contribution < -0.4 is 19.1 Å². The van der Waals surface area contributed by atoms with E-state index < -0.39 is 0 Å². The van der Waals surface area contributed by atoms with Gasteiger partial charge in [-0.15, -0.1) is 0 Å². The van der Waals surface area contributed by atoms with Crippen molar-refractivity contribution in [1.29, 1.82) is 5.26 Å². The summed E-state index contributed by atoms with van der Waals surface area (Å²) >= 11 is 0. The molecule has 152 valence electrons. The van der Waals surface area contributed by atoms with Gasteiger partial charge in [0, 0.05) is 26.2 Å². The molecular weight excluding hydrogens is 366 g/mol. The summed E-state index contributed by atoms with van der Waals surface area (Å²) in [5.74, 6) is 2.52. The number of fused-ring (bicyclic) bond motifs is 1. The van der Waals surface area contributed by atoms with Crippen LogP contribution in [0.25, 0.3) is 0 Å². The summed E-state index contributed by atoms with van der Waals surface area (Å²) in [6, 6.07) is 15.6. The summed E-state index contributed by atoms with van der Waals surface area (Å²) in [7, 11) is 0. The molecule has 0 aromatic heterocycles. The molecule has 1 fully saturated rings. The summed E-state index contributed by atoms with van der Waals surface area (Å²) in [6.07, 6.45) is 2.12. The molecule has 2 aliphatic heterocycles. The smallest absolute Gasteiger partial charge is 0.184 e. The fourth-order valence-electron chi connectivity index (χ4n) is 3.80. The van der Waals surface area contributed by atoms with Crippen molar-refractivity contribution in [2.75, 3.05) is 57.4 Å². The second kappa shape index (κ2) is 9.53. The van der Waals surface area contributed by atoms with Gasteiger partial charge >= 0.3 is 0 Å². The Morgan fingerprint density at radius 1 is 0.966 bits per heavy atom. The zero-order chi connectivity index (χ0) is 19.9. The van der Waals surface area contributed by atoms with Gasteiger partial charge in [0.25, 0.3) is 0 Å². The van der Waals surface area contributed by atoms with E-state index in [2.05, 4.69) is 21.9 Å². The van der Waals surface area contributed by atoms with Gasteiger partial charge in [0.15, 0.2) is 11.5 Å². The molecule has 0 atom stereocenters. The topological polar surface area (TPSA) is 58.0 Å². The first kappa shape index (κ1) is 19.4. The number of nitriles is 1. The van der Waals surface area contributed by atoms with Gasteiger partial charge in [-0.3, -0.25) is 4.90 Å². The minimum absolute atomic E-state index is 0.618. The van der Waals surface area contributed by atoms with E-state index in [4.69, 9.17) is 19.5 Å². The van der Waals surface area contributed by atoms with Gasteiger partial charge in [0.1, 0.15) is 19.0 Å². The van der Waals surface area contributed by atoms with Crippen LogP contribution in [0.2, 0.25) is 0 Å². The number of para-hydroxylation sites is 1. The minimum Gasteiger partial charge on any atom is -0.494 e. The van der Waals surface area contributed by atoms with Gasteiger partial charge in [-0.25, -0.2) is 0 Å². The third-order valence-corrected chi connectivity index (χ3v) is 5.36. The highest BCUT2D eigenvalue weighted by Crippen LogP contribution is 2.39. The molecule has 0 radical (unpaired) electrons. The van der Waals surface area contributed by atoms with E-state index in [1.165, 1.54) is 0 Å². The van der Waals surface area contributed by atoms with E-state index >= 15 is 0 Å². The SMILES string of the molecule is N#Cc1cccc(OCCCCN2CCN(c3cccc4c3OCCO4)CC2)c1. The van der Waals surface area contributed by atoms with Crippen molar-refractivity contribution >= 4 is 5.69 Å². The molecule has 0 unspecified atom stereocenters. The minimum atomic E-state index is 0.618. The molecule has 1 saturated heterocycles. The number of piperazine rings is 1. The number of ether oxygens (including phenoxy) is 3. The van der Waals surface area contributed by atoms with Crippen molar-refractivity contribution < 1.29 is 14.2 Å². The van der Waals surface area contributed by atoms with Gasteiger partial charge in [-0.1, -0.05) is 12.1 Å². The number of rotatable bonds is 7. The van der Waals surface area contributed by atoms with E-state index in [0.29, 0.717) is 25.4 Å². The Bertz CT molecular complexity index is 857. The Balaban J connectivity index is 1.18. The van der Waals surface area contributed by atoms with Crippen molar-refractivity contribution in [2.24, 2.45) is 0 Å². The number of anilines is 1. The standard InChI is InChI=1S/C23H27N3O3/c24-18-19-5-3-6-20(17-19)27-14-2-1-9-25-10-12-26(13-11-25)21-7-4-8-22-23(21)29-16-15-28-22/h3-8,17H,1-2,9-16H2. The molecule has 4 rings (SSSR count). The van der Waals surface area contributed by atoms with Gasteiger partial charge in [0.2, 0.25) is 0 Å². The second-order valence-electron chi connectivity index (χ2n) is 7.33. The first-order valence-corrected chi connectivity index (χ1v) is 10.3. The van der Waals surface area contributed by atoms with Crippen LogP contribution in [0.15, 0.2) is 42.5 Å². The van der Waals surface area contributed by atoms with Gasteiger partial charge in [0.05, 0.1) is 23.9 Å². The molecule has 0 bridgehead atoms. The quantitative estimate of drug-likeness (QED) is 0.673. The lowest BCUT2D eigenvalue weighted by molar-refractivity contribution is 0.171. The fraction of sp³-hybridized carbons (Fsp3) is 0.435. The van der Waals surface area contributed by atoms with Gasteiger partial charge in [-0.05, 0) is 49.7 Å². The molecule has 0 aliphatic carbocycles. The van der Waals surface area contributed by atoms with Crippen LogP contribution in [0.4, 0.5) is 5.69 Å². The highest BCUT2D eigenvalue weighted by molar-refractivity contribution is 5.65. The largest absolute Gasteiger partial charge is 0.494 e. The summed E-state index contributed by atoms with van der Waals surface area (Å²) < 4.78 is 17.3. The third kappa shape index (κ3) is 4.93. The Kier molecular flexibility index (Phi) is 6.38. The normalized spacial score (nSPS) is 16.3. The average Bonchev–Trinajstić information content (AvgIpc) is 2.79. The van der Waals surface area contributed by atoms with E-state index in [0.717, 1.165) is 68.5 Å². The van der Waals surface area contributed by atoms with E-state index in [9.17, 15) is 0 Å². The van der Waals surface area contributed by atoms with Gasteiger partial charge in [-0.2, -0.15) is 5.26 Å². The van der Waals surface area contributed by atoms with Crippen LogP contribution in [0.3, 0.4) is 0 Å².